The predicted molar refractivity (Wildman–Crippen MR) is 532 cm³/mol. The molecular weight excluding hydrogens is 1880 g/mol. The van der Waals surface area contributed by atoms with Crippen molar-refractivity contribution in [1.29, 1.82) is 0 Å². The average molecular weight is 2020 g/mol. The zero-order chi connectivity index (χ0) is 98.7. The predicted octanol–water partition coefficient (Wildman–Crippen LogP) is 11.1. The molecule has 138 heavy (non-hydrogen) atoms. The molecule has 0 aliphatic carbocycles. The second kappa shape index (κ2) is 44.2. The third kappa shape index (κ3) is 24.1. The van der Waals surface area contributed by atoms with Gasteiger partial charge in [-0.15, -0.1) is 12.4 Å². The van der Waals surface area contributed by atoms with E-state index in [1.54, 1.807) is 67.2 Å². The highest BCUT2D eigenvalue weighted by Gasteiger charge is 2.53. The van der Waals surface area contributed by atoms with Crippen LogP contribution in [0.3, 0.4) is 0 Å². The van der Waals surface area contributed by atoms with E-state index in [4.69, 9.17) is 28.3 Å². The van der Waals surface area contributed by atoms with Gasteiger partial charge in [-0.2, -0.15) is 9.90 Å². The zero-order valence-corrected chi connectivity index (χ0v) is 85.8. The van der Waals surface area contributed by atoms with Gasteiger partial charge in [-0.3, -0.25) is 96.2 Å². The van der Waals surface area contributed by atoms with Gasteiger partial charge in [0, 0.05) is 116 Å². The molecule has 5 atom stereocenters. The maximum absolute atomic E-state index is 13.1. The van der Waals surface area contributed by atoms with Crippen LogP contribution in [-0.4, -0.2) is 217 Å². The molecule has 41 heteroatoms. The number of aryl methyl sites for hydroxylation is 4. The van der Waals surface area contributed by atoms with Crippen LogP contribution in [0.25, 0.3) is 49.7 Å². The second-order valence-corrected chi connectivity index (χ2v) is 40.8. The third-order valence-corrected chi connectivity index (χ3v) is 27.0. The summed E-state index contributed by atoms with van der Waals surface area (Å²) in [7, 11) is 6.51. The Morgan fingerprint density at radius 3 is 1.09 bits per heavy atom. The van der Waals surface area contributed by atoms with Crippen LogP contribution in [0.4, 0.5) is 14.4 Å². The minimum Gasteiger partial charge on any atom is -0.444 e. The van der Waals surface area contributed by atoms with Crippen molar-refractivity contribution in [2.24, 2.45) is 28.2 Å². The first-order valence-electron chi connectivity index (χ1n) is 46.9. The van der Waals surface area contributed by atoms with Crippen LogP contribution in [0.5, 0.6) is 0 Å². The monoisotopic (exact) mass is 2010 g/mol. The fourth-order valence-corrected chi connectivity index (χ4v) is 19.4. The van der Waals surface area contributed by atoms with E-state index in [-0.39, 0.29) is 137 Å². The van der Waals surface area contributed by atoms with Crippen LogP contribution < -0.4 is 49.3 Å². The zero-order valence-electron chi connectivity index (χ0n) is 82.0. The van der Waals surface area contributed by atoms with E-state index in [2.05, 4.69) is 48.6 Å². The Kier molecular flexibility index (Phi) is 34.4. The molecule has 0 bridgehead atoms. The molecule has 8 fully saturated rings. The number of fused-ring (bicyclic) bond motifs is 4. The maximum atomic E-state index is 13.1. The fraction of sp³-hybridized carbons (Fsp3) is 0.557. The fourth-order valence-electron chi connectivity index (χ4n) is 18.7. The Morgan fingerprint density at radius 1 is 0.413 bits per heavy atom. The summed E-state index contributed by atoms with van der Waals surface area (Å²) >= 11 is 3.42. The standard InChI is InChI=1S/C23H30N4O5.C23H28N4O5.C18H22N4O3.C16H28BNO4.C13H12BrN3O3.C4H8O.ClH.H3P/c2*1-23(2,3)32-22(31)26-12-10-14(11-13-26)15-6-5-7-16-19(15)25(4)21(30)27(16)17-8-9-18(28)24-20(17)29;1-21-16-12(11-7-9-19-10-8-11)3-2-4-13(16)22(18(21)25)14-5-6-15(23)20-17(14)24;1-14(2,3)20-13(19)18-10-8-12(9-11-18)17-21-15(4,5)16(6,7)22-17;1-16-11-7(14)3-2-4-8(11)17(13(16)20)9-5-6-10(18)15-12(9)19;1-2-4-5-3-1;;/h5-7,14,17H,8-13H2,1-4H3,(H,24,28,29);5-7,10,17H,8-9,11-13H2,1-4H3,(H,24,28,29);2-4,11,14,19H,5-10H2,1H3,(H,20,23,24);8H,9-11H2,1-7H3;2-4,9H,5-6H2,1H3,(H,15,18,19);1-4H2;1H;1H3. The van der Waals surface area contributed by atoms with Crippen LogP contribution >= 0.6 is 38.2 Å². The molecule has 18 rings (SSSR count). The number of benzene rings is 4. The second-order valence-electron chi connectivity index (χ2n) is 40.0. The number of halogens is 2. The maximum Gasteiger partial charge on any atom is 0.490 e. The lowest BCUT2D eigenvalue weighted by molar-refractivity contribution is -0.137. The Labute approximate surface area is 818 Å². The molecule has 14 heterocycles. The van der Waals surface area contributed by atoms with Crippen LogP contribution in [0.2, 0.25) is 0 Å². The smallest absolute Gasteiger partial charge is 0.444 e. The van der Waals surface area contributed by atoms with Crippen molar-refractivity contribution in [3.05, 3.63) is 154 Å². The Balaban J connectivity index is 0.000000164. The first-order chi connectivity index (χ1) is 64.1. The third-order valence-electron chi connectivity index (χ3n) is 26.4. The quantitative estimate of drug-likeness (QED) is 0.0408. The molecule has 0 spiro atoms. The Hall–Kier alpha value is -11.1. The molecule has 8 aromatic rings. The van der Waals surface area contributed by atoms with Crippen LogP contribution in [-0.2, 0) is 94.8 Å². The number of rotatable bonds is 8. The molecule has 37 nitrogen and oxygen atoms in total. The lowest BCUT2D eigenvalue weighted by atomic mass is 9.75. The molecule has 8 saturated heterocycles. The van der Waals surface area contributed by atoms with Gasteiger partial charge in [-0.1, -0.05) is 54.6 Å². The lowest BCUT2D eigenvalue weighted by Crippen LogP contribution is -2.44. The van der Waals surface area contributed by atoms with E-state index in [9.17, 15) is 71.9 Å². The number of hydrogen-bond donors (Lipinski definition) is 5. The van der Waals surface area contributed by atoms with Gasteiger partial charge >= 0.3 is 48.2 Å². The summed E-state index contributed by atoms with van der Waals surface area (Å²) in [4.78, 5) is 188. The largest absolute Gasteiger partial charge is 0.490 e. The first kappa shape index (κ1) is 107. The van der Waals surface area contributed by atoms with Gasteiger partial charge < -0.3 is 48.3 Å². The molecule has 5 unspecified atom stereocenters. The van der Waals surface area contributed by atoms with E-state index in [1.807, 2.05) is 163 Å². The van der Waals surface area contributed by atoms with Gasteiger partial charge in [0.15, 0.2) is 0 Å². The van der Waals surface area contributed by atoms with Gasteiger partial charge in [0.2, 0.25) is 47.3 Å². The minimum absolute atomic E-state index is 0. The summed E-state index contributed by atoms with van der Waals surface area (Å²) in [6.45, 7) is 32.1. The van der Waals surface area contributed by atoms with E-state index < -0.39 is 64.6 Å². The average Bonchev–Trinajstić information content (AvgIpc) is 1.61. The van der Waals surface area contributed by atoms with Crippen molar-refractivity contribution >= 4 is 161 Å². The minimum atomic E-state index is -0.720. The molecule has 11 amide bonds. The van der Waals surface area contributed by atoms with E-state index in [0.717, 1.165) is 113 Å². The summed E-state index contributed by atoms with van der Waals surface area (Å²) in [6.07, 6.45) is 12.8. The molecule has 0 radical (unpaired) electrons. The number of likely N-dealkylation sites (tertiary alicyclic amines) is 1. The number of piperidine rings is 6. The molecule has 748 valence electrons. The number of imide groups is 4. The van der Waals surface area contributed by atoms with Gasteiger partial charge in [-0.05, 0) is 260 Å². The van der Waals surface area contributed by atoms with Crippen molar-refractivity contribution < 1.29 is 81.0 Å². The van der Waals surface area contributed by atoms with Crippen molar-refractivity contribution in [3.8, 4) is 0 Å². The van der Waals surface area contributed by atoms with Crippen LogP contribution in [0.1, 0.15) is 245 Å². The number of aromatic nitrogens is 8. The Morgan fingerprint density at radius 2 is 0.746 bits per heavy atom. The lowest BCUT2D eigenvalue weighted by Gasteiger charge is -2.33. The highest BCUT2D eigenvalue weighted by Crippen LogP contribution is 2.42. The van der Waals surface area contributed by atoms with Crippen molar-refractivity contribution in [2.75, 3.05) is 65.6 Å². The van der Waals surface area contributed by atoms with Gasteiger partial charge in [0.05, 0.1) is 55.3 Å². The van der Waals surface area contributed by atoms with Gasteiger partial charge in [0.1, 0.15) is 41.0 Å². The van der Waals surface area contributed by atoms with Crippen molar-refractivity contribution in [3.63, 3.8) is 0 Å². The molecular formula is C97H132BBrClN16O21P. The number of nitrogens with one attached hydrogen (secondary N) is 5. The van der Waals surface area contributed by atoms with Crippen LogP contribution in [0.15, 0.2) is 114 Å². The van der Waals surface area contributed by atoms with Crippen molar-refractivity contribution in [2.45, 2.75) is 257 Å². The normalized spacial score (nSPS) is 20.9. The molecule has 10 aliphatic heterocycles. The summed E-state index contributed by atoms with van der Waals surface area (Å²) in [5, 5.41) is 12.7. The highest BCUT2D eigenvalue weighted by molar-refractivity contribution is 9.10. The van der Waals surface area contributed by atoms with Gasteiger partial charge in [-0.25, -0.2) is 33.6 Å². The number of imidazole rings is 4. The summed E-state index contributed by atoms with van der Waals surface area (Å²) < 4.78 is 46.5. The number of para-hydroxylation sites is 4. The molecule has 10 aliphatic rings. The molecule has 0 saturated carbocycles. The molecule has 4 aromatic heterocycles. The summed E-state index contributed by atoms with van der Waals surface area (Å²) in [6, 6.07) is 20.1. The number of carbonyl (C=O) groups is 11. The SMILES string of the molecule is C1CCOC1.CC(C)(C)OC(=O)N1CC=C(B2OC(C)(C)C(C)(C)O2)CC1.Cl.Cn1c(=O)n(C2CCC(=O)NC2=O)c2cccc(Br)c21.Cn1c(=O)n(C2CCC(=O)NC2=O)c2cccc(C3=CCN(C(=O)OC(C)(C)C)CC3)c21.Cn1c(=O)n(C2CCC(=O)NC2=O)c2cccc(C3CCN(C(=O)OC(C)(C)C)CC3)c21.Cn1c(=O)n(C2CCC(=O)NC2=O)c2cccc(C3CCNCC3)c21.P. The number of hydrogen-bond acceptors (Lipinski definition) is 22. The van der Waals surface area contributed by atoms with E-state index in [0.29, 0.717) is 93.8 Å². The van der Waals surface area contributed by atoms with Crippen molar-refractivity contribution in [1.82, 2.24) is 77.8 Å². The van der Waals surface area contributed by atoms with E-state index in [1.165, 1.54) is 36.7 Å². The van der Waals surface area contributed by atoms with Crippen LogP contribution in [0, 0.1) is 0 Å². The number of nitrogens with zero attached hydrogens (tertiary/aromatic N) is 11. The number of amides is 11. The summed E-state index contributed by atoms with van der Waals surface area (Å²) in [5.41, 5.74) is 7.99. The first-order valence-corrected chi connectivity index (χ1v) is 47.7. The van der Waals surface area contributed by atoms with E-state index >= 15 is 0 Å². The molecule has 5 N–H and O–H groups in total. The number of carbonyl (C=O) groups excluding carboxylic acids is 11. The summed E-state index contributed by atoms with van der Waals surface area (Å²) in [5.74, 6) is -2.30. The highest BCUT2D eigenvalue weighted by atomic mass is 79.9. The Bertz CT molecular complexity index is 6290. The van der Waals surface area contributed by atoms with Gasteiger partial charge in [0.25, 0.3) is 0 Å². The number of ether oxygens (including phenoxy) is 4. The molecule has 4 aromatic carbocycles. The topological polar surface area (TPSA) is 421 Å².